The molecule has 0 aliphatic heterocycles. The fourth-order valence-corrected chi connectivity index (χ4v) is 1.54. The normalized spacial score (nSPS) is 10.6. The zero-order chi connectivity index (χ0) is 13.0. The number of carbonyl (C=O) groups excluding carboxylic acids is 1. The lowest BCUT2D eigenvalue weighted by Crippen LogP contribution is -2.22. The molecule has 0 atom stereocenters. The largest absolute Gasteiger partial charge is 0.359 e. The minimum atomic E-state index is -0.113. The molecule has 0 saturated carbocycles. The molecule has 1 aromatic carbocycles. The summed E-state index contributed by atoms with van der Waals surface area (Å²) in [6, 6.07) is 11.0. The van der Waals surface area contributed by atoms with Gasteiger partial charge in [0.05, 0.1) is 12.2 Å². The van der Waals surface area contributed by atoms with Gasteiger partial charge in [-0.1, -0.05) is 37.2 Å². The molecule has 0 aliphatic rings. The van der Waals surface area contributed by atoms with E-state index in [0.717, 1.165) is 5.69 Å². The van der Waals surface area contributed by atoms with Gasteiger partial charge in [0, 0.05) is 11.6 Å². The number of benzene rings is 1. The smallest absolute Gasteiger partial charge is 0.251 e. The Balaban J connectivity index is 1.93. The minimum absolute atomic E-state index is 0.113. The molecule has 1 heterocycles. The molecule has 1 N–H and O–H groups in total. The van der Waals surface area contributed by atoms with Gasteiger partial charge < -0.3 is 9.84 Å². The maximum Gasteiger partial charge on any atom is 0.251 e. The Morgan fingerprint density at radius 3 is 2.67 bits per heavy atom. The lowest BCUT2D eigenvalue weighted by molar-refractivity contribution is 0.0947. The van der Waals surface area contributed by atoms with E-state index in [1.54, 1.807) is 12.1 Å². The predicted molar refractivity (Wildman–Crippen MR) is 68.2 cm³/mol. The fraction of sp³-hybridized carbons (Fsp3) is 0.286. The maximum atomic E-state index is 11.8. The number of amides is 1. The van der Waals surface area contributed by atoms with E-state index in [1.165, 1.54) is 0 Å². The number of hydrogen-bond donors (Lipinski definition) is 1. The van der Waals surface area contributed by atoms with Gasteiger partial charge in [0.25, 0.3) is 5.91 Å². The van der Waals surface area contributed by atoms with E-state index < -0.39 is 0 Å². The molecule has 0 fully saturated rings. The number of aromatic nitrogens is 1. The standard InChI is InChI=1S/C14H16N2O2/c1-10(2)13-8-12(18-16-13)9-15-14(17)11-6-4-3-5-7-11/h3-8,10H,9H2,1-2H3,(H,15,17). The van der Waals surface area contributed by atoms with Crippen LogP contribution in [0, 0.1) is 0 Å². The van der Waals surface area contributed by atoms with E-state index in [9.17, 15) is 4.79 Å². The Kier molecular flexibility index (Phi) is 3.77. The van der Waals surface area contributed by atoms with Crippen LogP contribution in [0.5, 0.6) is 0 Å². The van der Waals surface area contributed by atoms with Crippen LogP contribution in [0.15, 0.2) is 40.9 Å². The minimum Gasteiger partial charge on any atom is -0.359 e. The second kappa shape index (κ2) is 5.49. The van der Waals surface area contributed by atoms with Crippen LogP contribution >= 0.6 is 0 Å². The third kappa shape index (κ3) is 2.97. The average molecular weight is 244 g/mol. The van der Waals surface area contributed by atoms with Gasteiger partial charge in [0.2, 0.25) is 0 Å². The summed E-state index contributed by atoms with van der Waals surface area (Å²) in [5, 5.41) is 6.73. The summed E-state index contributed by atoms with van der Waals surface area (Å²) >= 11 is 0. The zero-order valence-corrected chi connectivity index (χ0v) is 10.5. The van der Waals surface area contributed by atoms with Crippen molar-refractivity contribution < 1.29 is 9.32 Å². The zero-order valence-electron chi connectivity index (χ0n) is 10.5. The van der Waals surface area contributed by atoms with Crippen molar-refractivity contribution in [2.24, 2.45) is 0 Å². The first kappa shape index (κ1) is 12.4. The lowest BCUT2D eigenvalue weighted by atomic mass is 10.1. The molecule has 0 radical (unpaired) electrons. The highest BCUT2D eigenvalue weighted by Crippen LogP contribution is 2.13. The summed E-state index contributed by atoms with van der Waals surface area (Å²) in [7, 11) is 0. The third-order valence-electron chi connectivity index (χ3n) is 2.63. The first-order chi connectivity index (χ1) is 8.66. The number of carbonyl (C=O) groups is 1. The van der Waals surface area contributed by atoms with Crippen molar-refractivity contribution in [3.63, 3.8) is 0 Å². The van der Waals surface area contributed by atoms with E-state index in [1.807, 2.05) is 38.1 Å². The van der Waals surface area contributed by atoms with E-state index >= 15 is 0 Å². The van der Waals surface area contributed by atoms with E-state index in [2.05, 4.69) is 10.5 Å². The van der Waals surface area contributed by atoms with Gasteiger partial charge in [-0.25, -0.2) is 0 Å². The van der Waals surface area contributed by atoms with E-state index in [0.29, 0.717) is 23.8 Å². The van der Waals surface area contributed by atoms with Crippen LogP contribution in [0.1, 0.15) is 41.6 Å². The molecule has 1 aromatic heterocycles. The number of hydrogen-bond acceptors (Lipinski definition) is 3. The van der Waals surface area contributed by atoms with Gasteiger partial charge in [-0.05, 0) is 18.1 Å². The molecule has 4 nitrogen and oxygen atoms in total. The monoisotopic (exact) mass is 244 g/mol. The van der Waals surface area contributed by atoms with Crippen molar-refractivity contribution in [2.75, 3.05) is 0 Å². The summed E-state index contributed by atoms with van der Waals surface area (Å²) in [4.78, 5) is 11.8. The van der Waals surface area contributed by atoms with Crippen molar-refractivity contribution in [2.45, 2.75) is 26.3 Å². The molecular weight excluding hydrogens is 228 g/mol. The van der Waals surface area contributed by atoms with Gasteiger partial charge in [-0.15, -0.1) is 0 Å². The van der Waals surface area contributed by atoms with E-state index in [-0.39, 0.29) is 5.91 Å². The summed E-state index contributed by atoms with van der Waals surface area (Å²) in [6.07, 6.45) is 0. The molecule has 18 heavy (non-hydrogen) atoms. The van der Waals surface area contributed by atoms with Crippen molar-refractivity contribution in [3.05, 3.63) is 53.4 Å². The SMILES string of the molecule is CC(C)c1cc(CNC(=O)c2ccccc2)on1. The Bertz CT molecular complexity index is 518. The first-order valence-corrected chi connectivity index (χ1v) is 5.95. The molecule has 2 rings (SSSR count). The van der Waals surface area contributed by atoms with Gasteiger partial charge in [-0.2, -0.15) is 0 Å². The molecule has 4 heteroatoms. The molecular formula is C14H16N2O2. The Labute approximate surface area is 106 Å². The quantitative estimate of drug-likeness (QED) is 0.899. The second-order valence-electron chi connectivity index (χ2n) is 4.42. The molecule has 0 saturated heterocycles. The maximum absolute atomic E-state index is 11.8. The molecule has 1 amide bonds. The topological polar surface area (TPSA) is 55.1 Å². The van der Waals surface area contributed by atoms with Crippen molar-refractivity contribution in [1.29, 1.82) is 0 Å². The van der Waals surface area contributed by atoms with Crippen molar-refractivity contribution in [3.8, 4) is 0 Å². The lowest BCUT2D eigenvalue weighted by Gasteiger charge is -2.01. The number of rotatable bonds is 4. The summed E-state index contributed by atoms with van der Waals surface area (Å²) in [5.74, 6) is 0.883. The number of nitrogens with one attached hydrogen (secondary N) is 1. The third-order valence-corrected chi connectivity index (χ3v) is 2.63. The molecule has 0 aliphatic carbocycles. The highest BCUT2D eigenvalue weighted by Gasteiger charge is 2.09. The highest BCUT2D eigenvalue weighted by molar-refractivity contribution is 5.93. The van der Waals surface area contributed by atoms with Crippen LogP contribution in [0.25, 0.3) is 0 Å². The highest BCUT2D eigenvalue weighted by atomic mass is 16.5. The van der Waals surface area contributed by atoms with Crippen LogP contribution in [-0.4, -0.2) is 11.1 Å². The molecule has 0 bridgehead atoms. The van der Waals surface area contributed by atoms with Gasteiger partial charge in [0.1, 0.15) is 0 Å². The van der Waals surface area contributed by atoms with Crippen molar-refractivity contribution >= 4 is 5.91 Å². The number of nitrogens with zero attached hydrogens (tertiary/aromatic N) is 1. The van der Waals surface area contributed by atoms with Crippen LogP contribution in [-0.2, 0) is 6.54 Å². The second-order valence-corrected chi connectivity index (χ2v) is 4.42. The molecule has 0 spiro atoms. The summed E-state index contributed by atoms with van der Waals surface area (Å²) in [5.41, 5.74) is 1.54. The van der Waals surface area contributed by atoms with Gasteiger partial charge in [0.15, 0.2) is 5.76 Å². The first-order valence-electron chi connectivity index (χ1n) is 5.95. The average Bonchev–Trinajstić information content (AvgIpc) is 2.86. The van der Waals surface area contributed by atoms with Gasteiger partial charge in [-0.3, -0.25) is 4.79 Å². The van der Waals surface area contributed by atoms with Crippen LogP contribution in [0.4, 0.5) is 0 Å². The Morgan fingerprint density at radius 1 is 1.33 bits per heavy atom. The van der Waals surface area contributed by atoms with Crippen LogP contribution < -0.4 is 5.32 Å². The Hall–Kier alpha value is -2.10. The van der Waals surface area contributed by atoms with E-state index in [4.69, 9.17) is 4.52 Å². The van der Waals surface area contributed by atoms with Crippen LogP contribution in [0.3, 0.4) is 0 Å². The van der Waals surface area contributed by atoms with Crippen molar-refractivity contribution in [1.82, 2.24) is 10.5 Å². The summed E-state index contributed by atoms with van der Waals surface area (Å²) in [6.45, 7) is 4.45. The molecule has 0 unspecified atom stereocenters. The van der Waals surface area contributed by atoms with Gasteiger partial charge >= 0.3 is 0 Å². The Morgan fingerprint density at radius 2 is 2.06 bits per heavy atom. The molecule has 2 aromatic rings. The summed E-state index contributed by atoms with van der Waals surface area (Å²) < 4.78 is 5.15. The fourth-order valence-electron chi connectivity index (χ4n) is 1.54. The predicted octanol–water partition coefficient (Wildman–Crippen LogP) is 2.73. The molecule has 94 valence electrons. The van der Waals surface area contributed by atoms with Crippen LogP contribution in [0.2, 0.25) is 0 Å².